The third-order valence-electron chi connectivity index (χ3n) is 3.88. The van der Waals surface area contributed by atoms with E-state index in [1.54, 1.807) is 12.1 Å². The molecule has 0 radical (unpaired) electrons. The second-order valence-corrected chi connectivity index (χ2v) is 5.59. The van der Waals surface area contributed by atoms with Crippen LogP contribution < -0.4 is 11.1 Å². The molecular weight excluding hydrogens is 250 g/mol. The van der Waals surface area contributed by atoms with Gasteiger partial charge in [0.2, 0.25) is 0 Å². The molecule has 0 aliphatic carbocycles. The monoisotopic (exact) mass is 275 g/mol. The summed E-state index contributed by atoms with van der Waals surface area (Å²) in [6, 6.07) is 5.41. The fourth-order valence-electron chi connectivity index (χ4n) is 2.72. The normalized spacial score (nSPS) is 16.1. The van der Waals surface area contributed by atoms with Gasteiger partial charge in [-0.2, -0.15) is 0 Å². The second kappa shape index (κ2) is 7.29. The molecule has 1 heterocycles. The Morgan fingerprint density at radius 2 is 2.05 bits per heavy atom. The van der Waals surface area contributed by atoms with Gasteiger partial charge < -0.3 is 16.0 Å². The van der Waals surface area contributed by atoms with Crippen LogP contribution in [0.3, 0.4) is 0 Å². The molecule has 20 heavy (non-hydrogen) atoms. The molecule has 0 spiro atoms. The quantitative estimate of drug-likeness (QED) is 0.639. The summed E-state index contributed by atoms with van der Waals surface area (Å²) in [5, 5.41) is 2.99. The van der Waals surface area contributed by atoms with Crippen molar-refractivity contribution in [2.75, 3.05) is 31.9 Å². The molecule has 4 heteroatoms. The number of amides is 1. The molecule has 0 atom stereocenters. The Labute approximate surface area is 121 Å². The lowest BCUT2D eigenvalue weighted by molar-refractivity contribution is 0.0950. The molecule has 1 aromatic carbocycles. The standard InChI is InChI=1S/C16H25N3O/c1-13-12-14(17)6-7-15(13)16(20)18-8-5-11-19-9-3-2-4-10-19/h6-7,12H,2-5,8-11,17H2,1H3,(H,18,20). The number of likely N-dealkylation sites (tertiary alicyclic amines) is 1. The van der Waals surface area contributed by atoms with E-state index in [-0.39, 0.29) is 5.91 Å². The molecular formula is C16H25N3O. The van der Waals surface area contributed by atoms with Gasteiger partial charge in [-0.3, -0.25) is 4.79 Å². The average molecular weight is 275 g/mol. The number of nitrogens with two attached hydrogens (primary N) is 1. The summed E-state index contributed by atoms with van der Waals surface area (Å²) in [6.45, 7) is 6.16. The third kappa shape index (κ3) is 4.23. The van der Waals surface area contributed by atoms with Crippen LogP contribution in [0.4, 0.5) is 5.69 Å². The minimum atomic E-state index is 0.00106. The van der Waals surface area contributed by atoms with Crippen molar-refractivity contribution in [3.63, 3.8) is 0 Å². The molecule has 4 nitrogen and oxygen atoms in total. The van der Waals surface area contributed by atoms with Gasteiger partial charge >= 0.3 is 0 Å². The molecule has 1 aliphatic rings. The van der Waals surface area contributed by atoms with E-state index in [9.17, 15) is 4.79 Å². The molecule has 1 saturated heterocycles. The van der Waals surface area contributed by atoms with Gasteiger partial charge in [-0.25, -0.2) is 0 Å². The highest BCUT2D eigenvalue weighted by Gasteiger charge is 2.11. The summed E-state index contributed by atoms with van der Waals surface area (Å²) in [4.78, 5) is 14.6. The van der Waals surface area contributed by atoms with Crippen molar-refractivity contribution in [1.29, 1.82) is 0 Å². The summed E-state index contributed by atoms with van der Waals surface area (Å²) in [5.41, 5.74) is 8.04. The fraction of sp³-hybridized carbons (Fsp3) is 0.562. The van der Waals surface area contributed by atoms with Gasteiger partial charge in [-0.05, 0) is 69.6 Å². The SMILES string of the molecule is Cc1cc(N)ccc1C(=O)NCCCN1CCCCC1. The highest BCUT2D eigenvalue weighted by Crippen LogP contribution is 2.12. The lowest BCUT2D eigenvalue weighted by Crippen LogP contribution is -2.33. The number of hydrogen-bond acceptors (Lipinski definition) is 3. The van der Waals surface area contributed by atoms with E-state index in [1.807, 2.05) is 13.0 Å². The van der Waals surface area contributed by atoms with Crippen molar-refractivity contribution in [1.82, 2.24) is 10.2 Å². The van der Waals surface area contributed by atoms with E-state index in [1.165, 1.54) is 32.4 Å². The molecule has 1 amide bonds. The summed E-state index contributed by atoms with van der Waals surface area (Å²) < 4.78 is 0. The Bertz CT molecular complexity index is 453. The van der Waals surface area contributed by atoms with Crippen LogP contribution in [0.2, 0.25) is 0 Å². The molecule has 0 bridgehead atoms. The van der Waals surface area contributed by atoms with Crippen LogP contribution >= 0.6 is 0 Å². The van der Waals surface area contributed by atoms with Crippen LogP contribution in [0.25, 0.3) is 0 Å². The highest BCUT2D eigenvalue weighted by atomic mass is 16.1. The van der Waals surface area contributed by atoms with Crippen LogP contribution in [0, 0.1) is 6.92 Å². The average Bonchev–Trinajstić information content (AvgIpc) is 2.44. The van der Waals surface area contributed by atoms with Crippen LogP contribution in [0.1, 0.15) is 41.6 Å². The number of carbonyl (C=O) groups is 1. The van der Waals surface area contributed by atoms with Gasteiger partial charge in [-0.1, -0.05) is 6.42 Å². The predicted octanol–water partition coefficient (Wildman–Crippen LogP) is 2.18. The molecule has 1 aliphatic heterocycles. The molecule has 0 saturated carbocycles. The van der Waals surface area contributed by atoms with Crippen molar-refractivity contribution >= 4 is 11.6 Å². The van der Waals surface area contributed by atoms with Crippen LogP contribution in [0.5, 0.6) is 0 Å². The lowest BCUT2D eigenvalue weighted by Gasteiger charge is -2.26. The molecule has 0 unspecified atom stereocenters. The summed E-state index contributed by atoms with van der Waals surface area (Å²) in [5.74, 6) is 0.00106. The van der Waals surface area contributed by atoms with E-state index < -0.39 is 0 Å². The number of nitrogen functional groups attached to an aromatic ring is 1. The zero-order valence-corrected chi connectivity index (χ0v) is 12.3. The van der Waals surface area contributed by atoms with Gasteiger partial charge in [0.15, 0.2) is 0 Å². The van der Waals surface area contributed by atoms with Crippen LogP contribution in [-0.2, 0) is 0 Å². The van der Waals surface area contributed by atoms with Gasteiger partial charge in [0.1, 0.15) is 0 Å². The Balaban J connectivity index is 1.72. The maximum absolute atomic E-state index is 12.1. The number of piperidine rings is 1. The van der Waals surface area contributed by atoms with E-state index in [0.29, 0.717) is 5.69 Å². The molecule has 1 fully saturated rings. The predicted molar refractivity (Wildman–Crippen MR) is 82.8 cm³/mol. The minimum absolute atomic E-state index is 0.00106. The maximum Gasteiger partial charge on any atom is 0.251 e. The third-order valence-corrected chi connectivity index (χ3v) is 3.88. The van der Waals surface area contributed by atoms with Gasteiger partial charge in [0.25, 0.3) is 5.91 Å². The Morgan fingerprint density at radius 3 is 2.75 bits per heavy atom. The van der Waals surface area contributed by atoms with E-state index in [0.717, 1.165) is 30.6 Å². The number of benzene rings is 1. The minimum Gasteiger partial charge on any atom is -0.399 e. The Hall–Kier alpha value is -1.55. The summed E-state index contributed by atoms with van der Waals surface area (Å²) >= 11 is 0. The molecule has 0 aromatic heterocycles. The number of nitrogens with one attached hydrogen (secondary N) is 1. The topological polar surface area (TPSA) is 58.4 Å². The van der Waals surface area contributed by atoms with Gasteiger partial charge in [0, 0.05) is 17.8 Å². The molecule has 3 N–H and O–H groups in total. The largest absolute Gasteiger partial charge is 0.399 e. The van der Waals surface area contributed by atoms with E-state index in [2.05, 4.69) is 10.2 Å². The second-order valence-electron chi connectivity index (χ2n) is 5.59. The Kier molecular flexibility index (Phi) is 5.41. The number of carbonyl (C=O) groups excluding carboxylic acids is 1. The zero-order chi connectivity index (χ0) is 14.4. The summed E-state index contributed by atoms with van der Waals surface area (Å²) in [6.07, 6.45) is 5.01. The smallest absolute Gasteiger partial charge is 0.251 e. The van der Waals surface area contributed by atoms with Gasteiger partial charge in [0.05, 0.1) is 0 Å². The van der Waals surface area contributed by atoms with Crippen molar-refractivity contribution in [2.45, 2.75) is 32.6 Å². The first-order valence-corrected chi connectivity index (χ1v) is 7.53. The van der Waals surface area contributed by atoms with Crippen LogP contribution in [0.15, 0.2) is 18.2 Å². The Morgan fingerprint density at radius 1 is 1.30 bits per heavy atom. The van der Waals surface area contributed by atoms with Crippen molar-refractivity contribution in [2.24, 2.45) is 0 Å². The van der Waals surface area contributed by atoms with Gasteiger partial charge in [-0.15, -0.1) is 0 Å². The fourth-order valence-corrected chi connectivity index (χ4v) is 2.72. The number of nitrogens with zero attached hydrogens (tertiary/aromatic N) is 1. The van der Waals surface area contributed by atoms with E-state index >= 15 is 0 Å². The number of aryl methyl sites for hydroxylation is 1. The number of hydrogen-bond donors (Lipinski definition) is 2. The van der Waals surface area contributed by atoms with Crippen LogP contribution in [-0.4, -0.2) is 37.0 Å². The molecule has 110 valence electrons. The van der Waals surface area contributed by atoms with Crippen molar-refractivity contribution < 1.29 is 4.79 Å². The number of anilines is 1. The first-order chi connectivity index (χ1) is 9.66. The highest BCUT2D eigenvalue weighted by molar-refractivity contribution is 5.95. The lowest BCUT2D eigenvalue weighted by atomic mass is 10.1. The number of rotatable bonds is 5. The first-order valence-electron chi connectivity index (χ1n) is 7.53. The van der Waals surface area contributed by atoms with Crippen molar-refractivity contribution in [3.05, 3.63) is 29.3 Å². The van der Waals surface area contributed by atoms with E-state index in [4.69, 9.17) is 5.73 Å². The zero-order valence-electron chi connectivity index (χ0n) is 12.3. The first kappa shape index (κ1) is 14.9. The maximum atomic E-state index is 12.1. The summed E-state index contributed by atoms with van der Waals surface area (Å²) in [7, 11) is 0. The molecule has 2 rings (SSSR count). The molecule has 1 aromatic rings. The van der Waals surface area contributed by atoms with Crippen molar-refractivity contribution in [3.8, 4) is 0 Å².